The fourth-order valence-electron chi connectivity index (χ4n) is 4.25. The lowest BCUT2D eigenvalue weighted by Gasteiger charge is -2.23. The van der Waals surface area contributed by atoms with E-state index in [1.165, 1.54) is 22.3 Å². The van der Waals surface area contributed by atoms with Crippen LogP contribution in [0.5, 0.6) is 0 Å². The zero-order valence-corrected chi connectivity index (χ0v) is 20.9. The van der Waals surface area contributed by atoms with Gasteiger partial charge in [0, 0.05) is 21.6 Å². The van der Waals surface area contributed by atoms with E-state index >= 15 is 0 Å². The first-order valence-corrected chi connectivity index (χ1v) is 12.4. The molecule has 1 unspecified atom stereocenters. The van der Waals surface area contributed by atoms with E-state index < -0.39 is 23.5 Å². The van der Waals surface area contributed by atoms with Crippen molar-refractivity contribution in [2.24, 2.45) is 0 Å². The monoisotopic (exact) mass is 535 g/mol. The molecule has 178 valence electrons. The van der Waals surface area contributed by atoms with Crippen LogP contribution in [0, 0.1) is 6.92 Å². The first-order chi connectivity index (χ1) is 17.3. The van der Waals surface area contributed by atoms with Gasteiger partial charge in [-0.25, -0.2) is 4.98 Å². The molecule has 1 amide bonds. The standard InChI is InChI=1S/C26H15Cl2N3O4S/c1-12-8-20-17(11-15(12)28)30-26(36-20)31-22(16-4-2-3-7-29-16)21(24(33)25(31)34)23(32)19-10-13-9-14(27)5-6-18(13)35-19/h2-11,22,33H,1H3. The number of anilines is 1. The van der Waals surface area contributed by atoms with Crippen LogP contribution in [0.15, 0.2) is 76.5 Å². The molecular formula is C26H15Cl2N3O4S. The average Bonchev–Trinajstić information content (AvgIpc) is 3.53. The maximum atomic E-state index is 13.7. The number of thiazole rings is 1. The summed E-state index contributed by atoms with van der Waals surface area (Å²) in [6.45, 7) is 1.88. The minimum atomic E-state index is -1.01. The third kappa shape index (κ3) is 3.57. The van der Waals surface area contributed by atoms with Crippen molar-refractivity contribution in [3.63, 3.8) is 0 Å². The summed E-state index contributed by atoms with van der Waals surface area (Å²) in [6, 6.07) is 14.3. The molecule has 1 aliphatic heterocycles. The van der Waals surface area contributed by atoms with E-state index in [1.807, 2.05) is 13.0 Å². The van der Waals surface area contributed by atoms with Gasteiger partial charge in [0.1, 0.15) is 11.6 Å². The number of hydrogen-bond acceptors (Lipinski definition) is 7. The first kappa shape index (κ1) is 22.7. The third-order valence-corrected chi connectivity index (χ3v) is 7.65. The topological polar surface area (TPSA) is 96.5 Å². The van der Waals surface area contributed by atoms with E-state index in [0.717, 1.165) is 10.3 Å². The Morgan fingerprint density at radius 1 is 1.14 bits per heavy atom. The summed E-state index contributed by atoms with van der Waals surface area (Å²) in [5, 5.41) is 12.9. The lowest BCUT2D eigenvalue weighted by Crippen LogP contribution is -2.31. The summed E-state index contributed by atoms with van der Waals surface area (Å²) in [5.41, 5.74) is 2.18. The molecule has 0 aliphatic carbocycles. The van der Waals surface area contributed by atoms with Crippen LogP contribution < -0.4 is 4.90 Å². The van der Waals surface area contributed by atoms with Crippen molar-refractivity contribution in [3.8, 4) is 0 Å². The summed E-state index contributed by atoms with van der Waals surface area (Å²) in [4.78, 5) is 37.4. The molecule has 0 saturated heterocycles. The molecule has 10 heteroatoms. The van der Waals surface area contributed by atoms with Crippen LogP contribution in [0.3, 0.4) is 0 Å². The zero-order valence-electron chi connectivity index (χ0n) is 18.5. The molecule has 6 rings (SSSR count). The summed E-state index contributed by atoms with van der Waals surface area (Å²) in [6.07, 6.45) is 1.56. The second kappa shape index (κ2) is 8.44. The SMILES string of the molecule is Cc1cc2sc(N3C(=O)C(O)=C(C(=O)c4cc5cc(Cl)ccc5o4)C3c3ccccn3)nc2cc1Cl. The molecule has 3 aromatic heterocycles. The van der Waals surface area contributed by atoms with Crippen molar-refractivity contribution in [2.75, 3.05) is 4.90 Å². The van der Waals surface area contributed by atoms with Gasteiger partial charge in [0.05, 0.1) is 21.5 Å². The van der Waals surface area contributed by atoms with E-state index in [-0.39, 0.29) is 11.3 Å². The van der Waals surface area contributed by atoms with Crippen molar-refractivity contribution in [1.82, 2.24) is 9.97 Å². The number of halogens is 2. The smallest absolute Gasteiger partial charge is 0.296 e. The van der Waals surface area contributed by atoms with Crippen molar-refractivity contribution < 1.29 is 19.1 Å². The summed E-state index contributed by atoms with van der Waals surface area (Å²) >= 11 is 13.6. The molecular weight excluding hydrogens is 521 g/mol. The molecule has 4 heterocycles. The van der Waals surface area contributed by atoms with E-state index in [9.17, 15) is 14.7 Å². The number of Topliss-reactive ketones (excluding diaryl/α,β-unsaturated/α-hetero) is 1. The molecule has 1 atom stereocenters. The van der Waals surface area contributed by atoms with E-state index in [4.69, 9.17) is 27.6 Å². The number of aliphatic hydroxyl groups is 1. The number of fused-ring (bicyclic) bond motifs is 2. The second-order valence-electron chi connectivity index (χ2n) is 8.28. The number of aromatic nitrogens is 2. The fraction of sp³-hybridized carbons (Fsp3) is 0.0769. The Morgan fingerprint density at radius 3 is 2.75 bits per heavy atom. The lowest BCUT2D eigenvalue weighted by molar-refractivity contribution is -0.117. The Morgan fingerprint density at radius 2 is 1.97 bits per heavy atom. The minimum absolute atomic E-state index is 0.0314. The minimum Gasteiger partial charge on any atom is -0.503 e. The normalized spacial score (nSPS) is 16.0. The molecule has 1 aliphatic rings. The quantitative estimate of drug-likeness (QED) is 0.253. The molecule has 36 heavy (non-hydrogen) atoms. The Kier molecular flexibility index (Phi) is 5.33. The molecule has 1 N–H and O–H groups in total. The van der Waals surface area contributed by atoms with Crippen molar-refractivity contribution >= 4 is 72.5 Å². The number of rotatable bonds is 4. The highest BCUT2D eigenvalue weighted by atomic mass is 35.5. The summed E-state index contributed by atoms with van der Waals surface area (Å²) in [7, 11) is 0. The summed E-state index contributed by atoms with van der Waals surface area (Å²) < 4.78 is 6.56. The van der Waals surface area contributed by atoms with Crippen LogP contribution in [0.4, 0.5) is 5.13 Å². The Balaban J connectivity index is 1.50. The molecule has 5 aromatic rings. The Hall–Kier alpha value is -3.72. The number of pyridine rings is 1. The second-order valence-corrected chi connectivity index (χ2v) is 10.1. The van der Waals surface area contributed by atoms with Crippen molar-refractivity contribution in [1.29, 1.82) is 0 Å². The molecule has 0 spiro atoms. The average molecular weight is 536 g/mol. The number of aliphatic hydroxyl groups excluding tert-OH is 1. The molecule has 0 bridgehead atoms. The number of ketones is 1. The number of carbonyl (C=O) groups excluding carboxylic acids is 2. The molecule has 2 aromatic carbocycles. The van der Waals surface area contributed by atoms with Crippen molar-refractivity contribution in [2.45, 2.75) is 13.0 Å². The van der Waals surface area contributed by atoms with Crippen molar-refractivity contribution in [3.05, 3.63) is 99.2 Å². The maximum absolute atomic E-state index is 13.7. The number of hydrogen-bond donors (Lipinski definition) is 1. The predicted molar refractivity (Wildman–Crippen MR) is 139 cm³/mol. The molecule has 0 radical (unpaired) electrons. The number of furan rings is 1. The van der Waals surface area contributed by atoms with Gasteiger partial charge in [0.15, 0.2) is 16.7 Å². The first-order valence-electron chi connectivity index (χ1n) is 10.8. The van der Waals surface area contributed by atoms with E-state index in [0.29, 0.717) is 37.4 Å². The van der Waals surface area contributed by atoms with Crippen LogP contribution in [0.1, 0.15) is 27.9 Å². The van der Waals surface area contributed by atoms with Gasteiger partial charge in [0.2, 0.25) is 5.78 Å². The van der Waals surface area contributed by atoms with Gasteiger partial charge >= 0.3 is 0 Å². The van der Waals surface area contributed by atoms with Crippen LogP contribution in [-0.4, -0.2) is 26.8 Å². The third-order valence-electron chi connectivity index (χ3n) is 5.99. The van der Waals surface area contributed by atoms with Gasteiger partial charge in [-0.15, -0.1) is 0 Å². The van der Waals surface area contributed by atoms with Gasteiger partial charge < -0.3 is 9.52 Å². The highest BCUT2D eigenvalue weighted by Crippen LogP contribution is 2.44. The van der Waals surface area contributed by atoms with Crippen LogP contribution >= 0.6 is 34.5 Å². The van der Waals surface area contributed by atoms with E-state index in [2.05, 4.69) is 9.97 Å². The van der Waals surface area contributed by atoms with Gasteiger partial charge in [-0.2, -0.15) is 0 Å². The highest BCUT2D eigenvalue weighted by molar-refractivity contribution is 7.22. The number of carbonyl (C=O) groups is 2. The fourth-order valence-corrected chi connectivity index (χ4v) is 5.66. The number of benzene rings is 2. The molecule has 7 nitrogen and oxygen atoms in total. The van der Waals surface area contributed by atoms with Gasteiger partial charge in [-0.05, 0) is 61.0 Å². The van der Waals surface area contributed by atoms with Crippen LogP contribution in [0.25, 0.3) is 21.2 Å². The van der Waals surface area contributed by atoms with Crippen LogP contribution in [-0.2, 0) is 4.79 Å². The Labute approximate surface area is 218 Å². The predicted octanol–water partition coefficient (Wildman–Crippen LogP) is 6.84. The van der Waals surface area contributed by atoms with E-state index in [1.54, 1.807) is 48.7 Å². The largest absolute Gasteiger partial charge is 0.503 e. The molecule has 0 fully saturated rings. The zero-order chi connectivity index (χ0) is 25.1. The lowest BCUT2D eigenvalue weighted by atomic mass is 9.98. The highest BCUT2D eigenvalue weighted by Gasteiger charge is 2.47. The number of aryl methyl sites for hydroxylation is 1. The maximum Gasteiger partial charge on any atom is 0.296 e. The van der Waals surface area contributed by atoms with Gasteiger partial charge in [-0.3, -0.25) is 19.5 Å². The summed E-state index contributed by atoms with van der Waals surface area (Å²) in [5.74, 6) is -2.10. The number of amides is 1. The van der Waals surface area contributed by atoms with Crippen LogP contribution in [0.2, 0.25) is 10.0 Å². The van der Waals surface area contributed by atoms with Gasteiger partial charge in [-0.1, -0.05) is 40.6 Å². The Bertz CT molecular complexity index is 1700. The molecule has 0 saturated carbocycles. The number of nitrogens with zero attached hydrogens (tertiary/aromatic N) is 3. The van der Waals surface area contributed by atoms with Gasteiger partial charge in [0.25, 0.3) is 5.91 Å².